The standard InChI is InChI=1S/C26H33ClN2O3/c1-3-23(26(31)28-21-13-5-4-6-14-21)29(17-20-12-8-9-15-22(20)27)25(30)18-32-24-16-10-7-11-19(24)2/h7-12,15-16,21,23H,3-6,13-14,17-18H2,1-2H3,(H,28,31). The number of benzene rings is 2. The van der Waals surface area contributed by atoms with Gasteiger partial charge in [0.1, 0.15) is 11.8 Å². The number of para-hydroxylation sites is 1. The van der Waals surface area contributed by atoms with Gasteiger partial charge >= 0.3 is 0 Å². The zero-order chi connectivity index (χ0) is 22.9. The van der Waals surface area contributed by atoms with Crippen LogP contribution in [0.1, 0.15) is 56.6 Å². The molecule has 1 saturated carbocycles. The van der Waals surface area contributed by atoms with E-state index < -0.39 is 6.04 Å². The topological polar surface area (TPSA) is 58.6 Å². The zero-order valence-corrected chi connectivity index (χ0v) is 19.7. The van der Waals surface area contributed by atoms with Gasteiger partial charge < -0.3 is 15.0 Å². The molecule has 1 aliphatic carbocycles. The van der Waals surface area contributed by atoms with Crippen LogP contribution in [0, 0.1) is 6.92 Å². The van der Waals surface area contributed by atoms with Gasteiger partial charge in [0, 0.05) is 17.6 Å². The SMILES string of the molecule is CCC(C(=O)NC1CCCCC1)N(Cc1ccccc1Cl)C(=O)COc1ccccc1C. The van der Waals surface area contributed by atoms with E-state index in [1.54, 1.807) is 11.0 Å². The second-order valence-electron chi connectivity index (χ2n) is 8.43. The van der Waals surface area contributed by atoms with Gasteiger partial charge in [-0.15, -0.1) is 0 Å². The summed E-state index contributed by atoms with van der Waals surface area (Å²) >= 11 is 6.38. The second kappa shape index (κ2) is 11.9. The fraction of sp³-hybridized carbons (Fsp3) is 0.462. The van der Waals surface area contributed by atoms with Crippen molar-refractivity contribution in [3.63, 3.8) is 0 Å². The molecule has 2 amide bonds. The van der Waals surface area contributed by atoms with Crippen molar-refractivity contribution in [3.8, 4) is 5.75 Å². The Morgan fingerprint density at radius 2 is 1.78 bits per heavy atom. The first kappa shape index (κ1) is 24.1. The van der Waals surface area contributed by atoms with Crippen LogP contribution in [0.25, 0.3) is 0 Å². The van der Waals surface area contributed by atoms with Crippen molar-refractivity contribution < 1.29 is 14.3 Å². The van der Waals surface area contributed by atoms with E-state index >= 15 is 0 Å². The molecule has 5 nitrogen and oxygen atoms in total. The van der Waals surface area contributed by atoms with Gasteiger partial charge in [0.05, 0.1) is 0 Å². The molecule has 6 heteroatoms. The Labute approximate surface area is 196 Å². The number of amides is 2. The lowest BCUT2D eigenvalue weighted by Crippen LogP contribution is -2.52. The molecule has 2 aromatic carbocycles. The summed E-state index contributed by atoms with van der Waals surface area (Å²) in [7, 11) is 0. The van der Waals surface area contributed by atoms with Crippen LogP contribution < -0.4 is 10.1 Å². The van der Waals surface area contributed by atoms with E-state index in [4.69, 9.17) is 16.3 Å². The van der Waals surface area contributed by atoms with Crippen molar-refractivity contribution in [1.29, 1.82) is 0 Å². The van der Waals surface area contributed by atoms with E-state index in [2.05, 4.69) is 5.32 Å². The van der Waals surface area contributed by atoms with E-state index in [0.717, 1.165) is 36.8 Å². The molecule has 1 fully saturated rings. The minimum Gasteiger partial charge on any atom is -0.484 e. The number of ether oxygens (including phenoxy) is 1. The number of halogens is 1. The number of nitrogens with zero attached hydrogens (tertiary/aromatic N) is 1. The van der Waals surface area contributed by atoms with E-state index in [1.807, 2.05) is 56.3 Å². The fourth-order valence-electron chi connectivity index (χ4n) is 4.21. The van der Waals surface area contributed by atoms with Crippen LogP contribution in [0.5, 0.6) is 5.75 Å². The molecule has 0 aromatic heterocycles. The molecule has 3 rings (SSSR count). The first-order valence-electron chi connectivity index (χ1n) is 11.5. The molecular weight excluding hydrogens is 424 g/mol. The number of hydrogen-bond acceptors (Lipinski definition) is 3. The quantitative estimate of drug-likeness (QED) is 0.558. The number of rotatable bonds is 9. The summed E-state index contributed by atoms with van der Waals surface area (Å²) in [4.78, 5) is 28.1. The minimum atomic E-state index is -0.582. The van der Waals surface area contributed by atoms with Crippen LogP contribution in [0.15, 0.2) is 48.5 Å². The number of aryl methyl sites for hydroxylation is 1. The van der Waals surface area contributed by atoms with E-state index in [9.17, 15) is 9.59 Å². The largest absolute Gasteiger partial charge is 0.484 e. The number of hydrogen-bond donors (Lipinski definition) is 1. The van der Waals surface area contributed by atoms with E-state index in [0.29, 0.717) is 17.2 Å². The van der Waals surface area contributed by atoms with Crippen molar-refractivity contribution in [2.75, 3.05) is 6.61 Å². The summed E-state index contributed by atoms with van der Waals surface area (Å²) in [5, 5.41) is 3.76. The van der Waals surface area contributed by atoms with Gasteiger partial charge in [-0.25, -0.2) is 0 Å². The number of nitrogens with one attached hydrogen (secondary N) is 1. The zero-order valence-electron chi connectivity index (χ0n) is 19.0. The van der Waals surface area contributed by atoms with Gasteiger partial charge in [-0.1, -0.05) is 74.2 Å². The van der Waals surface area contributed by atoms with Crippen LogP contribution in [0.3, 0.4) is 0 Å². The normalized spacial score (nSPS) is 15.1. The van der Waals surface area contributed by atoms with Gasteiger partial charge in [0.25, 0.3) is 5.91 Å². The van der Waals surface area contributed by atoms with Crippen molar-refractivity contribution >= 4 is 23.4 Å². The average molecular weight is 457 g/mol. The molecule has 0 spiro atoms. The van der Waals surface area contributed by atoms with Crippen LogP contribution in [-0.4, -0.2) is 35.4 Å². The lowest BCUT2D eigenvalue weighted by Gasteiger charge is -2.33. The maximum atomic E-state index is 13.3. The Kier molecular flexibility index (Phi) is 8.98. The van der Waals surface area contributed by atoms with Gasteiger partial charge in [0.15, 0.2) is 6.61 Å². The van der Waals surface area contributed by atoms with Crippen LogP contribution in [0.4, 0.5) is 0 Å². The highest BCUT2D eigenvalue weighted by molar-refractivity contribution is 6.31. The minimum absolute atomic E-state index is 0.101. The molecule has 1 N–H and O–H groups in total. The molecule has 0 aliphatic heterocycles. The van der Waals surface area contributed by atoms with Crippen LogP contribution in [-0.2, 0) is 16.1 Å². The molecule has 0 radical (unpaired) electrons. The summed E-state index contributed by atoms with van der Waals surface area (Å²) in [5.74, 6) is 0.327. The Morgan fingerprint density at radius 3 is 2.47 bits per heavy atom. The summed E-state index contributed by atoms with van der Waals surface area (Å²) in [5.41, 5.74) is 1.77. The van der Waals surface area contributed by atoms with Gasteiger partial charge in [0.2, 0.25) is 5.91 Å². The van der Waals surface area contributed by atoms with Gasteiger partial charge in [-0.3, -0.25) is 9.59 Å². The molecule has 2 aromatic rings. The molecule has 1 atom stereocenters. The third-order valence-corrected chi connectivity index (χ3v) is 6.45. The number of carbonyl (C=O) groups excluding carboxylic acids is 2. The summed E-state index contributed by atoms with van der Waals surface area (Å²) in [6.45, 7) is 3.99. The Balaban J connectivity index is 1.77. The van der Waals surface area contributed by atoms with E-state index in [1.165, 1.54) is 6.42 Å². The first-order chi connectivity index (χ1) is 15.5. The smallest absolute Gasteiger partial charge is 0.261 e. The average Bonchev–Trinajstić information content (AvgIpc) is 2.80. The molecule has 1 aliphatic rings. The maximum Gasteiger partial charge on any atom is 0.261 e. The Bertz CT molecular complexity index is 911. The fourth-order valence-corrected chi connectivity index (χ4v) is 4.41. The van der Waals surface area contributed by atoms with Gasteiger partial charge in [-0.2, -0.15) is 0 Å². The highest BCUT2D eigenvalue weighted by atomic mass is 35.5. The maximum absolute atomic E-state index is 13.3. The van der Waals surface area contributed by atoms with Gasteiger partial charge in [-0.05, 0) is 49.4 Å². The predicted molar refractivity (Wildman–Crippen MR) is 128 cm³/mol. The monoisotopic (exact) mass is 456 g/mol. The Morgan fingerprint density at radius 1 is 1.09 bits per heavy atom. The summed E-state index contributed by atoms with van der Waals surface area (Å²) < 4.78 is 5.82. The highest BCUT2D eigenvalue weighted by Crippen LogP contribution is 2.22. The lowest BCUT2D eigenvalue weighted by molar-refractivity contribution is -0.143. The third kappa shape index (κ3) is 6.49. The number of carbonyl (C=O) groups is 2. The molecular formula is C26H33ClN2O3. The van der Waals surface area contributed by atoms with Crippen molar-refractivity contribution in [3.05, 3.63) is 64.7 Å². The third-order valence-electron chi connectivity index (χ3n) is 6.08. The molecule has 32 heavy (non-hydrogen) atoms. The predicted octanol–water partition coefficient (Wildman–Crippen LogP) is 5.28. The van der Waals surface area contributed by atoms with Crippen LogP contribution >= 0.6 is 11.6 Å². The van der Waals surface area contributed by atoms with Crippen LogP contribution in [0.2, 0.25) is 5.02 Å². The second-order valence-corrected chi connectivity index (χ2v) is 8.84. The molecule has 172 valence electrons. The summed E-state index contributed by atoms with van der Waals surface area (Å²) in [6.07, 6.45) is 5.99. The van der Waals surface area contributed by atoms with Crippen molar-refractivity contribution in [1.82, 2.24) is 10.2 Å². The van der Waals surface area contributed by atoms with Crippen molar-refractivity contribution in [2.24, 2.45) is 0 Å². The Hall–Kier alpha value is -2.53. The molecule has 0 bridgehead atoms. The lowest BCUT2D eigenvalue weighted by atomic mass is 9.95. The van der Waals surface area contributed by atoms with Crippen molar-refractivity contribution in [2.45, 2.75) is 71.0 Å². The first-order valence-corrected chi connectivity index (χ1v) is 11.9. The molecule has 0 saturated heterocycles. The summed E-state index contributed by atoms with van der Waals surface area (Å²) in [6, 6.07) is 14.6. The molecule has 0 heterocycles. The highest BCUT2D eigenvalue weighted by Gasteiger charge is 2.31. The van der Waals surface area contributed by atoms with E-state index in [-0.39, 0.29) is 31.0 Å². The molecule has 1 unspecified atom stereocenters.